The Morgan fingerprint density at radius 3 is 1.39 bits per heavy atom. The van der Waals surface area contributed by atoms with Gasteiger partial charge in [0.05, 0.1) is 12.9 Å². The Labute approximate surface area is 492 Å². The molecule has 24 N–H and O–H groups in total. The molecule has 0 unspecified atom stereocenters. The molecule has 0 spiro atoms. The van der Waals surface area contributed by atoms with Crippen molar-refractivity contribution in [1.82, 2.24) is 63.1 Å². The molecule has 10 atom stereocenters. The van der Waals surface area contributed by atoms with Crippen molar-refractivity contribution in [3.05, 3.63) is 18.2 Å². The van der Waals surface area contributed by atoms with Gasteiger partial charge in [0.1, 0.15) is 60.4 Å². The van der Waals surface area contributed by atoms with Gasteiger partial charge in [0.25, 0.3) is 0 Å². The van der Waals surface area contributed by atoms with Crippen LogP contribution in [0.4, 0.5) is 0 Å². The van der Waals surface area contributed by atoms with E-state index in [0.717, 1.165) is 0 Å². The van der Waals surface area contributed by atoms with E-state index in [1.54, 1.807) is 27.7 Å². The lowest BCUT2D eigenvalue weighted by atomic mass is 9.99. The lowest BCUT2D eigenvalue weighted by molar-refractivity contribution is -0.143. The molecule has 34 nitrogen and oxygen atoms in total. The number of nitrogens with one attached hydrogen (secondary N) is 11. The second-order valence-electron chi connectivity index (χ2n) is 20.9. The third kappa shape index (κ3) is 29.9. The zero-order valence-electron chi connectivity index (χ0n) is 49.2. The fraction of sp³-hybridized carbons (Fsp3) is 0.667. The van der Waals surface area contributed by atoms with E-state index < -0.39 is 157 Å². The van der Waals surface area contributed by atoms with Gasteiger partial charge in [-0.15, -0.1) is 0 Å². The van der Waals surface area contributed by atoms with Crippen molar-refractivity contribution in [3.63, 3.8) is 0 Å². The van der Waals surface area contributed by atoms with Crippen molar-refractivity contribution in [2.75, 3.05) is 26.2 Å². The molecule has 0 saturated heterocycles. The zero-order chi connectivity index (χ0) is 64.5. The van der Waals surface area contributed by atoms with Crippen LogP contribution in [0.1, 0.15) is 118 Å². The average molecular weight is 1210 g/mol. The molecular formula is C51H89N19O15. The number of imidazole rings is 1. The molecule has 0 radical (unpaired) electrons. The lowest BCUT2D eigenvalue weighted by Crippen LogP contribution is -2.61. The molecule has 0 fully saturated rings. The molecule has 1 heterocycles. The minimum atomic E-state index is -1.70. The normalized spacial score (nSPS) is 14.5. The summed E-state index contributed by atoms with van der Waals surface area (Å²) in [5, 5.41) is 53.5. The van der Waals surface area contributed by atoms with E-state index in [1.807, 2.05) is 0 Å². The number of carboxylic acids is 2. The Bertz CT molecular complexity index is 2450. The highest BCUT2D eigenvalue weighted by Gasteiger charge is 2.36. The number of nitrogens with zero attached hydrogens (tertiary/aromatic N) is 3. The molecule has 0 aliphatic heterocycles. The summed E-state index contributed by atoms with van der Waals surface area (Å²) < 4.78 is 0. The molecule has 1 aromatic rings. The molecule has 0 aromatic carbocycles. The third-order valence-corrected chi connectivity index (χ3v) is 12.6. The Morgan fingerprint density at radius 1 is 0.529 bits per heavy atom. The van der Waals surface area contributed by atoms with Crippen LogP contribution in [0, 0.1) is 11.8 Å². The number of hydrogen-bond acceptors (Lipinski definition) is 17. The molecule has 34 heteroatoms. The highest BCUT2D eigenvalue weighted by molar-refractivity contribution is 5.99. The number of amides is 10. The first-order valence-electron chi connectivity index (χ1n) is 27.7. The standard InChI is InChI=1S/C51H89N19O15/c1-25(2)20-35(46(81)66-33(14-11-19-59-51(55)56)43(78)65-31(12-8-9-17-52)44(79)69-37(23-71)49(84)85)67-47(82)36(21-30-22-57-24-60-30)68-48(83)39(26(3)4)70-45(80)34(15-16-38(73)74)64-41(76)28(6)62-42(77)32(13-10-18-58-50(53)54)63-40(75)27(5)61-29(7)72/h22,24-28,31-37,39,71H,8-21,23,52H2,1-7H3,(H,57,60)(H,61,72)(H,62,77)(H,63,75)(H,64,76)(H,65,78)(H,66,81)(H,67,82)(H,68,83)(H,69,79)(H,70,80)(H,73,74)(H,84,85)(H4,53,54,58)(H4,55,56,59)/t27-,28-,31-,32-,33-,34-,35-,36-,37-,39-/m0/s1. The number of nitrogens with two attached hydrogens (primary N) is 5. The summed E-state index contributed by atoms with van der Waals surface area (Å²) in [6, 6.07) is -14.2. The summed E-state index contributed by atoms with van der Waals surface area (Å²) >= 11 is 0. The second kappa shape index (κ2) is 39.0. The number of carbonyl (C=O) groups is 12. The van der Waals surface area contributed by atoms with E-state index >= 15 is 0 Å². The van der Waals surface area contributed by atoms with Crippen molar-refractivity contribution in [1.29, 1.82) is 0 Å². The van der Waals surface area contributed by atoms with Crippen molar-refractivity contribution in [3.8, 4) is 0 Å². The molecule has 85 heavy (non-hydrogen) atoms. The van der Waals surface area contributed by atoms with E-state index in [-0.39, 0.29) is 82.4 Å². The van der Waals surface area contributed by atoms with Gasteiger partial charge in [0, 0.05) is 44.7 Å². The molecule has 0 aliphatic carbocycles. The predicted octanol–water partition coefficient (Wildman–Crippen LogP) is -6.26. The number of carbonyl (C=O) groups excluding carboxylic acids is 10. The first-order chi connectivity index (χ1) is 39.9. The molecule has 478 valence electrons. The fourth-order valence-corrected chi connectivity index (χ4v) is 8.04. The van der Waals surface area contributed by atoms with E-state index in [1.165, 1.54) is 33.3 Å². The molecule has 1 rings (SSSR count). The van der Waals surface area contributed by atoms with Crippen LogP contribution in [0.3, 0.4) is 0 Å². The van der Waals surface area contributed by atoms with Crippen LogP contribution < -0.4 is 81.8 Å². The quantitative estimate of drug-likeness (QED) is 0.0165. The van der Waals surface area contributed by atoms with E-state index in [0.29, 0.717) is 18.5 Å². The Hall–Kier alpha value is -8.69. The van der Waals surface area contributed by atoms with Crippen LogP contribution in [-0.4, -0.2) is 195 Å². The number of carboxylic acid groups (broad SMARTS) is 2. The van der Waals surface area contributed by atoms with Gasteiger partial charge >= 0.3 is 11.9 Å². The van der Waals surface area contributed by atoms with Crippen molar-refractivity contribution < 1.29 is 72.9 Å². The summed E-state index contributed by atoms with van der Waals surface area (Å²) in [4.78, 5) is 174. The SMILES string of the molecule is CC(=O)N[C@@H](C)C(=O)N[C@@H](CCCN=C(N)N)C(=O)N[C@@H](C)C(=O)N[C@@H](CCC(=O)O)C(=O)N[C@H](C(=O)N[C@@H](Cc1cnc[nH]1)C(=O)N[C@@H](CC(C)C)C(=O)N[C@@H](CCCN=C(N)N)C(=O)N[C@@H](CCCCN)C(=O)N[C@@H](CO)C(=O)O)C(C)C. The summed E-state index contributed by atoms with van der Waals surface area (Å²) in [5.74, 6) is -13.0. The van der Waals surface area contributed by atoms with E-state index in [4.69, 9.17) is 28.7 Å². The Balaban J connectivity index is 3.56. The maximum Gasteiger partial charge on any atom is 0.328 e. The monoisotopic (exact) mass is 1210 g/mol. The zero-order valence-corrected chi connectivity index (χ0v) is 49.2. The molecular weight excluding hydrogens is 1120 g/mol. The number of unbranched alkanes of at least 4 members (excludes halogenated alkanes) is 1. The minimum Gasteiger partial charge on any atom is -0.481 e. The maximum atomic E-state index is 14.4. The summed E-state index contributed by atoms with van der Waals surface area (Å²) in [5.41, 5.74) is 27.8. The molecule has 0 bridgehead atoms. The van der Waals surface area contributed by atoms with E-state index in [2.05, 4.69) is 73.1 Å². The van der Waals surface area contributed by atoms with Crippen LogP contribution in [0.25, 0.3) is 0 Å². The third-order valence-electron chi connectivity index (χ3n) is 12.6. The number of hydrogen-bond donors (Lipinski definition) is 19. The number of aliphatic hydroxyl groups excluding tert-OH is 1. The smallest absolute Gasteiger partial charge is 0.328 e. The lowest BCUT2D eigenvalue weighted by Gasteiger charge is -2.29. The van der Waals surface area contributed by atoms with Crippen LogP contribution in [0.2, 0.25) is 0 Å². The highest BCUT2D eigenvalue weighted by atomic mass is 16.4. The Kier molecular flexibility index (Phi) is 34.1. The summed E-state index contributed by atoms with van der Waals surface area (Å²) in [6.07, 6.45) is 2.10. The van der Waals surface area contributed by atoms with E-state index in [9.17, 15) is 72.9 Å². The van der Waals surface area contributed by atoms with Gasteiger partial charge in [-0.25, -0.2) is 9.78 Å². The van der Waals surface area contributed by atoms with Gasteiger partial charge in [-0.3, -0.25) is 62.7 Å². The van der Waals surface area contributed by atoms with Gasteiger partial charge in [0.2, 0.25) is 59.1 Å². The number of H-pyrrole nitrogens is 1. The molecule has 0 saturated carbocycles. The molecule has 10 amide bonds. The summed E-state index contributed by atoms with van der Waals surface area (Å²) in [6.45, 7) is 9.76. The van der Waals surface area contributed by atoms with Crippen molar-refractivity contribution in [2.45, 2.75) is 180 Å². The number of rotatable bonds is 41. The van der Waals surface area contributed by atoms with Crippen molar-refractivity contribution >= 4 is 82.9 Å². The highest BCUT2D eigenvalue weighted by Crippen LogP contribution is 2.12. The fourth-order valence-electron chi connectivity index (χ4n) is 8.04. The van der Waals surface area contributed by atoms with Gasteiger partial charge in [0.15, 0.2) is 11.9 Å². The predicted molar refractivity (Wildman–Crippen MR) is 307 cm³/mol. The number of aromatic nitrogens is 2. The first kappa shape index (κ1) is 74.3. The Morgan fingerprint density at radius 2 is 0.953 bits per heavy atom. The van der Waals surface area contributed by atoms with Crippen molar-refractivity contribution in [2.24, 2.45) is 50.5 Å². The number of aromatic amines is 1. The van der Waals surface area contributed by atoms with Gasteiger partial charge in [-0.1, -0.05) is 27.7 Å². The topological polar surface area (TPSA) is 569 Å². The largest absolute Gasteiger partial charge is 0.481 e. The maximum absolute atomic E-state index is 14.4. The number of aliphatic imine (C=N–C) groups is 2. The number of aliphatic hydroxyl groups is 1. The van der Waals surface area contributed by atoms with Gasteiger partial charge in [-0.2, -0.15) is 0 Å². The molecule has 1 aromatic heterocycles. The van der Waals surface area contributed by atoms with Crippen LogP contribution in [0.5, 0.6) is 0 Å². The second-order valence-corrected chi connectivity index (χ2v) is 20.9. The van der Waals surface area contributed by atoms with Gasteiger partial charge in [-0.05, 0) is 90.0 Å². The van der Waals surface area contributed by atoms with Crippen LogP contribution >= 0.6 is 0 Å². The summed E-state index contributed by atoms with van der Waals surface area (Å²) in [7, 11) is 0. The molecule has 0 aliphatic rings. The van der Waals surface area contributed by atoms with Crippen LogP contribution in [0.15, 0.2) is 22.5 Å². The minimum absolute atomic E-state index is 0.00704. The number of aliphatic carboxylic acids is 2. The first-order valence-corrected chi connectivity index (χ1v) is 27.7. The average Bonchev–Trinajstić information content (AvgIpc) is 4.13. The van der Waals surface area contributed by atoms with Gasteiger partial charge < -0.3 is 102 Å². The van der Waals surface area contributed by atoms with Crippen LogP contribution in [-0.2, 0) is 64.0 Å². The number of guanidine groups is 2.